The average Bonchev–Trinajstić information content (AvgIpc) is 3.65. The Labute approximate surface area is 291 Å². The summed E-state index contributed by atoms with van der Waals surface area (Å²) in [7, 11) is 0. The van der Waals surface area contributed by atoms with Gasteiger partial charge in [0.2, 0.25) is 11.6 Å². The predicted molar refractivity (Wildman–Crippen MR) is 193 cm³/mol. The molecule has 2 heterocycles. The number of carboxylic acids is 1. The molecule has 49 heavy (non-hydrogen) atoms. The Kier molecular flexibility index (Phi) is 14.5. The van der Waals surface area contributed by atoms with Crippen LogP contribution in [0.4, 0.5) is 0 Å². The van der Waals surface area contributed by atoms with E-state index in [-0.39, 0.29) is 16.9 Å². The number of fused-ring (bicyclic) bond motifs is 1. The summed E-state index contributed by atoms with van der Waals surface area (Å²) in [6.07, 6.45) is 16.1. The molecule has 2 aromatic carbocycles. The van der Waals surface area contributed by atoms with Crippen LogP contribution in [-0.2, 0) is 23.1 Å². The van der Waals surface area contributed by atoms with Gasteiger partial charge in [0.25, 0.3) is 0 Å². The molecule has 0 fully saturated rings. The predicted octanol–water partition coefficient (Wildman–Crippen LogP) is 8.83. The Balaban J connectivity index is 1.14. The van der Waals surface area contributed by atoms with Crippen molar-refractivity contribution < 1.29 is 24.2 Å². The van der Waals surface area contributed by atoms with Gasteiger partial charge in [0.1, 0.15) is 11.5 Å². The summed E-state index contributed by atoms with van der Waals surface area (Å²) in [6.45, 7) is 9.34. The van der Waals surface area contributed by atoms with Crippen LogP contribution in [-0.4, -0.2) is 49.9 Å². The van der Waals surface area contributed by atoms with Gasteiger partial charge in [-0.3, -0.25) is 9.89 Å². The molecule has 4 rings (SSSR count). The molecule has 0 unspecified atom stereocenters. The normalized spacial score (nSPS) is 11.6. The van der Waals surface area contributed by atoms with E-state index in [4.69, 9.17) is 9.47 Å². The fourth-order valence-electron chi connectivity index (χ4n) is 5.80. The van der Waals surface area contributed by atoms with Crippen molar-refractivity contribution in [3.63, 3.8) is 0 Å². The second-order valence-corrected chi connectivity index (χ2v) is 13.9. The summed E-state index contributed by atoms with van der Waals surface area (Å²) in [5.74, 6) is 1.49. The van der Waals surface area contributed by atoms with Crippen LogP contribution in [0.1, 0.15) is 132 Å². The zero-order valence-corrected chi connectivity index (χ0v) is 29.9. The molecule has 0 spiro atoms. The molecule has 4 aromatic rings. The summed E-state index contributed by atoms with van der Waals surface area (Å²) in [5.41, 5.74) is 2.59. The Morgan fingerprint density at radius 1 is 0.816 bits per heavy atom. The number of ether oxygens (including phenoxy) is 2. The number of hydrogen-bond acceptors (Lipinski definition) is 6. The van der Waals surface area contributed by atoms with Gasteiger partial charge in [-0.05, 0) is 61.2 Å². The van der Waals surface area contributed by atoms with Crippen molar-refractivity contribution in [1.82, 2.24) is 25.1 Å². The van der Waals surface area contributed by atoms with Crippen LogP contribution in [0, 0.1) is 0 Å². The molecule has 0 aliphatic carbocycles. The molecule has 10 heteroatoms. The highest BCUT2D eigenvalue weighted by Crippen LogP contribution is 2.36. The van der Waals surface area contributed by atoms with Crippen molar-refractivity contribution in [3.8, 4) is 17.2 Å². The van der Waals surface area contributed by atoms with Crippen molar-refractivity contribution in [2.24, 2.45) is 0 Å². The van der Waals surface area contributed by atoms with Crippen LogP contribution in [0.15, 0.2) is 48.5 Å². The maximum atomic E-state index is 12.5. The highest BCUT2D eigenvalue weighted by atomic mass is 16.5. The van der Waals surface area contributed by atoms with E-state index in [1.807, 2.05) is 12.1 Å². The number of rotatable bonds is 22. The molecule has 10 nitrogen and oxygen atoms in total. The van der Waals surface area contributed by atoms with Crippen molar-refractivity contribution in [1.29, 1.82) is 0 Å². The molecule has 266 valence electrons. The lowest BCUT2D eigenvalue weighted by Crippen LogP contribution is -2.26. The number of nitrogens with zero attached hydrogens (tertiary/aromatic N) is 3. The van der Waals surface area contributed by atoms with Crippen molar-refractivity contribution in [2.45, 2.75) is 123 Å². The van der Waals surface area contributed by atoms with Crippen LogP contribution < -0.4 is 14.8 Å². The van der Waals surface area contributed by atoms with Crippen LogP contribution >= 0.6 is 0 Å². The lowest BCUT2D eigenvalue weighted by molar-refractivity contribution is -0.121. The number of benzene rings is 2. The summed E-state index contributed by atoms with van der Waals surface area (Å²) >= 11 is 0. The number of aromatic nitrogens is 4. The van der Waals surface area contributed by atoms with Gasteiger partial charge in [-0.2, -0.15) is 0 Å². The SMILES string of the molecule is CCCCCCCCCCCCc1ccc(OCCCC(=O)NCCc2nnc3c(Oc4ccc(C(=O)O)cc4)c(C(C)(C)C)[nH]n23)cc1. The Hall–Kier alpha value is -4.34. The van der Waals surface area contributed by atoms with Gasteiger partial charge in [-0.15, -0.1) is 10.2 Å². The summed E-state index contributed by atoms with van der Waals surface area (Å²) in [6, 6.07) is 14.6. The third-order valence-corrected chi connectivity index (χ3v) is 8.69. The highest BCUT2D eigenvalue weighted by Gasteiger charge is 2.27. The minimum Gasteiger partial charge on any atom is -0.494 e. The number of hydrogen-bond donors (Lipinski definition) is 3. The number of carboxylic acid groups (broad SMARTS) is 1. The molecule has 3 N–H and O–H groups in total. The fourth-order valence-corrected chi connectivity index (χ4v) is 5.80. The monoisotopic (exact) mass is 673 g/mol. The summed E-state index contributed by atoms with van der Waals surface area (Å²) < 4.78 is 13.9. The Morgan fingerprint density at radius 3 is 2.08 bits per heavy atom. The van der Waals surface area contributed by atoms with Crippen LogP contribution in [0.5, 0.6) is 17.2 Å². The first-order chi connectivity index (χ1) is 23.7. The number of H-pyrrole nitrogens is 1. The minimum absolute atomic E-state index is 0.0353. The Bertz CT molecular complexity index is 1590. The number of aromatic amines is 1. The van der Waals surface area contributed by atoms with Gasteiger partial charge in [-0.25, -0.2) is 9.31 Å². The number of carbonyl (C=O) groups excluding carboxylic acids is 1. The van der Waals surface area contributed by atoms with Gasteiger partial charge < -0.3 is 19.9 Å². The molecule has 0 saturated carbocycles. The lowest BCUT2D eigenvalue weighted by Gasteiger charge is -2.18. The van der Waals surface area contributed by atoms with E-state index in [0.29, 0.717) is 55.4 Å². The summed E-state index contributed by atoms with van der Waals surface area (Å²) in [4.78, 5) is 23.7. The maximum Gasteiger partial charge on any atom is 0.335 e. The average molecular weight is 674 g/mol. The molecular formula is C39H55N5O5. The lowest BCUT2D eigenvalue weighted by atomic mass is 9.92. The largest absolute Gasteiger partial charge is 0.494 e. The maximum absolute atomic E-state index is 12.5. The third-order valence-electron chi connectivity index (χ3n) is 8.69. The second-order valence-electron chi connectivity index (χ2n) is 13.9. The quantitative estimate of drug-likeness (QED) is 0.0711. The van der Waals surface area contributed by atoms with Gasteiger partial charge in [0.15, 0.2) is 11.6 Å². The first kappa shape index (κ1) is 37.5. The molecule has 0 aliphatic heterocycles. The van der Waals surface area contributed by atoms with E-state index in [9.17, 15) is 14.7 Å². The Morgan fingerprint density at radius 2 is 1.45 bits per heavy atom. The van der Waals surface area contributed by atoms with Crippen molar-refractivity contribution in [2.75, 3.05) is 13.2 Å². The van der Waals surface area contributed by atoms with Crippen molar-refractivity contribution >= 4 is 17.5 Å². The van der Waals surface area contributed by atoms with Crippen LogP contribution in [0.3, 0.4) is 0 Å². The number of aryl methyl sites for hydroxylation is 1. The van der Waals surface area contributed by atoms with Crippen LogP contribution in [0.2, 0.25) is 0 Å². The third kappa shape index (κ3) is 11.9. The molecule has 1 amide bonds. The number of unbranched alkanes of at least 4 members (excludes halogenated alkanes) is 9. The minimum atomic E-state index is -0.997. The second kappa shape index (κ2) is 19.0. The van der Waals surface area contributed by atoms with Gasteiger partial charge in [0.05, 0.1) is 17.9 Å². The van der Waals surface area contributed by atoms with E-state index < -0.39 is 5.97 Å². The molecule has 2 aromatic heterocycles. The number of carbonyl (C=O) groups is 2. The van der Waals surface area contributed by atoms with Crippen LogP contribution in [0.25, 0.3) is 5.65 Å². The highest BCUT2D eigenvalue weighted by molar-refractivity contribution is 5.87. The molecule has 0 radical (unpaired) electrons. The summed E-state index contributed by atoms with van der Waals surface area (Å²) in [5, 5.41) is 24.2. The number of nitrogens with one attached hydrogen (secondary N) is 2. The molecule has 0 atom stereocenters. The zero-order chi connectivity index (χ0) is 35.1. The molecule has 0 aliphatic rings. The van der Waals surface area contributed by atoms with Gasteiger partial charge >= 0.3 is 5.97 Å². The fraction of sp³-hybridized carbons (Fsp3) is 0.538. The van der Waals surface area contributed by atoms with Crippen molar-refractivity contribution in [3.05, 3.63) is 71.2 Å². The molecule has 0 bridgehead atoms. The zero-order valence-electron chi connectivity index (χ0n) is 29.9. The first-order valence-corrected chi connectivity index (χ1v) is 18.1. The van der Waals surface area contributed by atoms with E-state index in [1.54, 1.807) is 16.6 Å². The number of amides is 1. The van der Waals surface area contributed by atoms with E-state index in [1.165, 1.54) is 81.9 Å². The van der Waals surface area contributed by atoms with Gasteiger partial charge in [-0.1, -0.05) is 97.6 Å². The van der Waals surface area contributed by atoms with E-state index >= 15 is 0 Å². The van der Waals surface area contributed by atoms with E-state index in [0.717, 1.165) is 17.9 Å². The van der Waals surface area contributed by atoms with Gasteiger partial charge in [0, 0.05) is 24.8 Å². The molecular weight excluding hydrogens is 618 g/mol. The smallest absolute Gasteiger partial charge is 0.335 e. The number of aromatic carboxylic acids is 1. The molecule has 0 saturated heterocycles. The standard InChI is InChI=1S/C39H55N5O5/c1-5-6-7-8-9-10-11-12-13-14-16-29-18-22-31(23-19-29)48-28-15-17-34(45)40-27-26-33-41-42-37-35(36(39(2,3)4)43-44(33)37)49-32-24-20-30(21-25-32)38(46)47/h18-25,43H,5-17,26-28H2,1-4H3,(H,40,45)(H,46,47). The van der Waals surface area contributed by atoms with E-state index in [2.05, 4.69) is 60.4 Å². The first-order valence-electron chi connectivity index (χ1n) is 18.1. The topological polar surface area (TPSA) is 131 Å².